The Labute approximate surface area is 101 Å². The number of amides is 1. The van der Waals surface area contributed by atoms with Crippen LogP contribution in [-0.4, -0.2) is 23.9 Å². The van der Waals surface area contributed by atoms with E-state index in [1.807, 2.05) is 4.90 Å². The molecular formula is C14H18FNO. The van der Waals surface area contributed by atoms with Gasteiger partial charge in [0.25, 0.3) is 5.91 Å². The van der Waals surface area contributed by atoms with Crippen molar-refractivity contribution in [3.63, 3.8) is 0 Å². The normalized spacial score (nSPS) is 17.4. The molecule has 0 N–H and O–H groups in total. The zero-order valence-electron chi connectivity index (χ0n) is 9.99. The lowest BCUT2D eigenvalue weighted by Crippen LogP contribution is -2.33. The first-order chi connectivity index (χ1) is 8.27. The summed E-state index contributed by atoms with van der Waals surface area (Å²) in [4.78, 5) is 14.1. The van der Waals surface area contributed by atoms with E-state index in [1.54, 1.807) is 12.1 Å². The summed E-state index contributed by atoms with van der Waals surface area (Å²) in [5.41, 5.74) is 0.590. The molecule has 0 aromatic heterocycles. The third-order valence-corrected chi connectivity index (χ3v) is 3.23. The average molecular weight is 235 g/mol. The highest BCUT2D eigenvalue weighted by Gasteiger charge is 2.16. The number of carbonyl (C=O) groups is 1. The lowest BCUT2D eigenvalue weighted by atomic mass is 10.1. The lowest BCUT2D eigenvalue weighted by molar-refractivity contribution is 0.0742. The van der Waals surface area contributed by atoms with E-state index in [4.69, 9.17) is 0 Å². The van der Waals surface area contributed by atoms with Gasteiger partial charge in [0.15, 0.2) is 0 Å². The van der Waals surface area contributed by atoms with Crippen LogP contribution in [0.4, 0.5) is 4.39 Å². The molecule has 17 heavy (non-hydrogen) atoms. The van der Waals surface area contributed by atoms with E-state index < -0.39 is 0 Å². The fraction of sp³-hybridized carbons (Fsp3) is 0.500. The van der Waals surface area contributed by atoms with Crippen molar-refractivity contribution in [3.8, 4) is 0 Å². The van der Waals surface area contributed by atoms with Crippen molar-refractivity contribution in [2.75, 3.05) is 13.1 Å². The molecule has 0 spiro atoms. The van der Waals surface area contributed by atoms with Crippen LogP contribution in [0.2, 0.25) is 0 Å². The standard InChI is InChI=1S/C14H18FNO/c15-13-8-6-12(7-9-13)14(17)16-10-4-2-1-3-5-11-16/h6-9H,1-5,10-11H2. The van der Waals surface area contributed by atoms with Gasteiger partial charge in [-0.15, -0.1) is 0 Å². The number of benzene rings is 1. The van der Waals surface area contributed by atoms with Gasteiger partial charge in [0, 0.05) is 18.7 Å². The van der Waals surface area contributed by atoms with Crippen molar-refractivity contribution in [1.82, 2.24) is 4.90 Å². The van der Waals surface area contributed by atoms with Crippen molar-refractivity contribution in [1.29, 1.82) is 0 Å². The van der Waals surface area contributed by atoms with Crippen molar-refractivity contribution in [3.05, 3.63) is 35.6 Å². The molecule has 2 rings (SSSR count). The highest BCUT2D eigenvalue weighted by atomic mass is 19.1. The van der Waals surface area contributed by atoms with E-state index in [9.17, 15) is 9.18 Å². The molecule has 1 aliphatic rings. The molecule has 0 atom stereocenters. The fourth-order valence-electron chi connectivity index (χ4n) is 2.23. The molecule has 1 fully saturated rings. The second-order valence-corrected chi connectivity index (χ2v) is 4.57. The summed E-state index contributed by atoms with van der Waals surface area (Å²) in [5, 5.41) is 0. The Morgan fingerprint density at radius 3 is 2.06 bits per heavy atom. The van der Waals surface area contributed by atoms with Crippen LogP contribution in [0.5, 0.6) is 0 Å². The van der Waals surface area contributed by atoms with Gasteiger partial charge in [0.2, 0.25) is 0 Å². The monoisotopic (exact) mass is 235 g/mol. The Kier molecular flexibility index (Phi) is 4.13. The Morgan fingerprint density at radius 2 is 1.47 bits per heavy atom. The van der Waals surface area contributed by atoms with Gasteiger partial charge in [-0.2, -0.15) is 0 Å². The Bertz CT molecular complexity index is 366. The second kappa shape index (κ2) is 5.80. The van der Waals surface area contributed by atoms with Crippen LogP contribution in [0.3, 0.4) is 0 Å². The number of hydrogen-bond acceptors (Lipinski definition) is 1. The number of carbonyl (C=O) groups excluding carboxylic acids is 1. The van der Waals surface area contributed by atoms with Crippen LogP contribution in [0.15, 0.2) is 24.3 Å². The quantitative estimate of drug-likeness (QED) is 0.731. The molecule has 92 valence electrons. The van der Waals surface area contributed by atoms with E-state index in [1.165, 1.54) is 31.4 Å². The van der Waals surface area contributed by atoms with E-state index in [0.717, 1.165) is 25.9 Å². The van der Waals surface area contributed by atoms with Gasteiger partial charge in [0.1, 0.15) is 5.82 Å². The summed E-state index contributed by atoms with van der Waals surface area (Å²) in [6.07, 6.45) is 5.83. The Balaban J connectivity index is 2.04. The van der Waals surface area contributed by atoms with Crippen LogP contribution in [-0.2, 0) is 0 Å². The highest BCUT2D eigenvalue weighted by Crippen LogP contribution is 2.13. The molecule has 0 unspecified atom stereocenters. The van der Waals surface area contributed by atoms with Crippen LogP contribution >= 0.6 is 0 Å². The summed E-state index contributed by atoms with van der Waals surface area (Å²) in [5.74, 6) is -0.263. The summed E-state index contributed by atoms with van der Waals surface area (Å²) < 4.78 is 12.8. The maximum atomic E-state index is 12.8. The second-order valence-electron chi connectivity index (χ2n) is 4.57. The smallest absolute Gasteiger partial charge is 0.253 e. The number of likely N-dealkylation sites (tertiary alicyclic amines) is 1. The van der Waals surface area contributed by atoms with Gasteiger partial charge in [0.05, 0.1) is 0 Å². The lowest BCUT2D eigenvalue weighted by Gasteiger charge is -2.24. The summed E-state index contributed by atoms with van der Waals surface area (Å²) in [6, 6.07) is 5.82. The largest absolute Gasteiger partial charge is 0.339 e. The van der Waals surface area contributed by atoms with E-state index in [2.05, 4.69) is 0 Å². The zero-order valence-corrected chi connectivity index (χ0v) is 9.99. The molecule has 1 aromatic rings. The number of hydrogen-bond donors (Lipinski definition) is 0. The molecule has 1 amide bonds. The average Bonchev–Trinajstić information content (AvgIpc) is 2.29. The zero-order chi connectivity index (χ0) is 12.1. The molecular weight excluding hydrogens is 217 g/mol. The van der Waals surface area contributed by atoms with Crippen LogP contribution in [0.1, 0.15) is 42.5 Å². The summed E-state index contributed by atoms with van der Waals surface area (Å²) in [6.45, 7) is 1.66. The van der Waals surface area contributed by atoms with Gasteiger partial charge in [-0.3, -0.25) is 4.79 Å². The first-order valence-electron chi connectivity index (χ1n) is 6.32. The number of rotatable bonds is 1. The molecule has 2 nitrogen and oxygen atoms in total. The highest BCUT2D eigenvalue weighted by molar-refractivity contribution is 5.94. The van der Waals surface area contributed by atoms with Gasteiger partial charge in [-0.1, -0.05) is 19.3 Å². The first-order valence-corrected chi connectivity index (χ1v) is 6.32. The van der Waals surface area contributed by atoms with Gasteiger partial charge < -0.3 is 4.90 Å². The molecule has 0 bridgehead atoms. The summed E-state index contributed by atoms with van der Waals surface area (Å²) in [7, 11) is 0. The minimum Gasteiger partial charge on any atom is -0.339 e. The van der Waals surface area contributed by atoms with Crippen LogP contribution < -0.4 is 0 Å². The van der Waals surface area contributed by atoms with Crippen molar-refractivity contribution >= 4 is 5.91 Å². The van der Waals surface area contributed by atoms with Crippen molar-refractivity contribution in [2.45, 2.75) is 32.1 Å². The minimum absolute atomic E-state index is 0.0342. The van der Waals surface area contributed by atoms with E-state index >= 15 is 0 Å². The van der Waals surface area contributed by atoms with E-state index in [-0.39, 0.29) is 11.7 Å². The maximum absolute atomic E-state index is 12.8. The van der Waals surface area contributed by atoms with Crippen LogP contribution in [0, 0.1) is 5.82 Å². The molecule has 1 aliphatic heterocycles. The Morgan fingerprint density at radius 1 is 0.941 bits per heavy atom. The number of nitrogens with zero attached hydrogens (tertiary/aromatic N) is 1. The summed E-state index contributed by atoms with van der Waals surface area (Å²) >= 11 is 0. The van der Waals surface area contributed by atoms with Crippen molar-refractivity contribution < 1.29 is 9.18 Å². The maximum Gasteiger partial charge on any atom is 0.253 e. The fourth-order valence-corrected chi connectivity index (χ4v) is 2.23. The van der Waals surface area contributed by atoms with Gasteiger partial charge >= 0.3 is 0 Å². The predicted octanol–water partition coefficient (Wildman–Crippen LogP) is 3.23. The van der Waals surface area contributed by atoms with Crippen molar-refractivity contribution in [2.24, 2.45) is 0 Å². The molecule has 0 radical (unpaired) electrons. The molecule has 0 aliphatic carbocycles. The number of halogens is 1. The molecule has 1 aromatic carbocycles. The van der Waals surface area contributed by atoms with Gasteiger partial charge in [-0.25, -0.2) is 4.39 Å². The molecule has 3 heteroatoms. The molecule has 1 saturated heterocycles. The predicted molar refractivity (Wildman–Crippen MR) is 65.4 cm³/mol. The first kappa shape index (κ1) is 12.1. The minimum atomic E-state index is -0.297. The SMILES string of the molecule is O=C(c1ccc(F)cc1)N1CCCCCCC1. The third-order valence-electron chi connectivity index (χ3n) is 3.23. The van der Waals surface area contributed by atoms with E-state index in [0.29, 0.717) is 5.56 Å². The topological polar surface area (TPSA) is 20.3 Å². The molecule has 1 heterocycles. The third kappa shape index (κ3) is 3.29. The van der Waals surface area contributed by atoms with Crippen LogP contribution in [0.25, 0.3) is 0 Å². The van der Waals surface area contributed by atoms with Gasteiger partial charge in [-0.05, 0) is 37.1 Å². The Hall–Kier alpha value is -1.38. The molecule has 0 saturated carbocycles.